The van der Waals surface area contributed by atoms with Gasteiger partial charge in [-0.3, -0.25) is 4.68 Å². The second kappa shape index (κ2) is 4.70. The van der Waals surface area contributed by atoms with Gasteiger partial charge >= 0.3 is 0 Å². The Kier molecular flexibility index (Phi) is 3.29. The molecular weight excluding hydrogens is 202 g/mol. The molecule has 0 aromatic carbocycles. The van der Waals surface area contributed by atoms with E-state index in [1.165, 1.54) is 5.57 Å². The molecule has 0 aliphatic carbocycles. The molecule has 16 heavy (non-hydrogen) atoms. The van der Waals surface area contributed by atoms with E-state index in [0.29, 0.717) is 6.04 Å². The zero-order valence-corrected chi connectivity index (χ0v) is 10.2. The molecule has 4 heteroatoms. The fraction of sp³-hybridized carbons (Fsp3) is 0.583. The Morgan fingerprint density at radius 3 is 2.88 bits per heavy atom. The molecule has 88 valence electrons. The topological polar surface area (TPSA) is 39.1 Å². The maximum atomic E-state index is 5.38. The summed E-state index contributed by atoms with van der Waals surface area (Å²) in [4.78, 5) is 0. The molecule has 0 fully saturated rings. The van der Waals surface area contributed by atoms with Gasteiger partial charge in [-0.15, -0.1) is 0 Å². The summed E-state index contributed by atoms with van der Waals surface area (Å²) in [7, 11) is 1.70. The summed E-state index contributed by atoms with van der Waals surface area (Å²) in [5.41, 5.74) is 2.47. The summed E-state index contributed by atoms with van der Waals surface area (Å²) < 4.78 is 7.42. The number of rotatable bonds is 3. The zero-order chi connectivity index (χ0) is 11.5. The van der Waals surface area contributed by atoms with Gasteiger partial charge < -0.3 is 10.1 Å². The van der Waals surface area contributed by atoms with Crippen molar-refractivity contribution in [2.24, 2.45) is 0 Å². The summed E-state index contributed by atoms with van der Waals surface area (Å²) in [6.45, 7) is 6.23. The van der Waals surface area contributed by atoms with Gasteiger partial charge in [-0.05, 0) is 32.4 Å². The van der Waals surface area contributed by atoms with Crippen LogP contribution in [-0.2, 0) is 0 Å². The van der Waals surface area contributed by atoms with Gasteiger partial charge in [0, 0.05) is 12.6 Å². The second-order valence-corrected chi connectivity index (χ2v) is 4.28. The minimum Gasteiger partial charge on any atom is -0.493 e. The third-order valence-electron chi connectivity index (χ3n) is 2.84. The van der Waals surface area contributed by atoms with Crippen LogP contribution in [0.4, 0.5) is 0 Å². The van der Waals surface area contributed by atoms with Gasteiger partial charge in [-0.25, -0.2) is 0 Å². The van der Waals surface area contributed by atoms with Crippen molar-refractivity contribution in [3.8, 4) is 5.75 Å². The van der Waals surface area contributed by atoms with Crippen molar-refractivity contribution in [3.63, 3.8) is 0 Å². The van der Waals surface area contributed by atoms with E-state index < -0.39 is 0 Å². The van der Waals surface area contributed by atoms with Crippen molar-refractivity contribution in [2.75, 3.05) is 20.2 Å². The zero-order valence-electron chi connectivity index (χ0n) is 10.2. The lowest BCUT2D eigenvalue weighted by Gasteiger charge is -2.18. The van der Waals surface area contributed by atoms with Crippen molar-refractivity contribution in [1.82, 2.24) is 15.1 Å². The molecular formula is C12H19N3O. The van der Waals surface area contributed by atoms with Crippen molar-refractivity contribution < 1.29 is 4.74 Å². The minimum atomic E-state index is 0.356. The highest BCUT2D eigenvalue weighted by atomic mass is 16.5. The first-order valence-electron chi connectivity index (χ1n) is 5.75. The van der Waals surface area contributed by atoms with Gasteiger partial charge in [-0.1, -0.05) is 6.08 Å². The molecule has 0 radical (unpaired) electrons. The Morgan fingerprint density at radius 2 is 2.31 bits per heavy atom. The quantitative estimate of drug-likeness (QED) is 0.846. The van der Waals surface area contributed by atoms with Crippen LogP contribution < -0.4 is 10.1 Å². The lowest BCUT2D eigenvalue weighted by molar-refractivity contribution is 0.410. The van der Waals surface area contributed by atoms with Crippen molar-refractivity contribution in [1.29, 1.82) is 0 Å². The van der Waals surface area contributed by atoms with Crippen LogP contribution in [0.15, 0.2) is 12.3 Å². The summed E-state index contributed by atoms with van der Waals surface area (Å²) in [5, 5.41) is 7.71. The smallest absolute Gasteiger partial charge is 0.164 e. The summed E-state index contributed by atoms with van der Waals surface area (Å²) >= 11 is 0. The van der Waals surface area contributed by atoms with Gasteiger partial charge in [0.1, 0.15) is 5.69 Å². The SMILES string of the molecule is COc1cnn(C(C)C)c1C1=CCNCC1. The molecule has 1 N–H and O–H groups in total. The predicted molar refractivity (Wildman–Crippen MR) is 64.6 cm³/mol. The molecule has 0 saturated heterocycles. The number of ether oxygens (including phenoxy) is 1. The molecule has 1 aliphatic rings. The number of aromatic nitrogens is 2. The molecule has 2 heterocycles. The maximum absolute atomic E-state index is 5.38. The van der Waals surface area contributed by atoms with Crippen molar-refractivity contribution in [2.45, 2.75) is 26.3 Å². The van der Waals surface area contributed by atoms with Crippen LogP contribution in [0, 0.1) is 0 Å². The molecule has 0 saturated carbocycles. The van der Waals surface area contributed by atoms with Crippen LogP contribution in [0.2, 0.25) is 0 Å². The largest absolute Gasteiger partial charge is 0.493 e. The minimum absolute atomic E-state index is 0.356. The molecule has 0 amide bonds. The molecule has 1 aromatic heterocycles. The first-order valence-corrected chi connectivity index (χ1v) is 5.75. The standard InChI is InChI=1S/C12H19N3O/c1-9(2)15-12(11(16-3)8-14-15)10-4-6-13-7-5-10/h4,8-9,13H,5-7H2,1-3H3. The van der Waals surface area contributed by atoms with E-state index in [4.69, 9.17) is 4.74 Å². The first-order chi connectivity index (χ1) is 7.74. The van der Waals surface area contributed by atoms with Gasteiger partial charge in [0.15, 0.2) is 5.75 Å². The summed E-state index contributed by atoms with van der Waals surface area (Å²) in [5.74, 6) is 0.877. The highest BCUT2D eigenvalue weighted by molar-refractivity contribution is 5.68. The molecule has 0 unspecified atom stereocenters. The second-order valence-electron chi connectivity index (χ2n) is 4.28. The van der Waals surface area contributed by atoms with Crippen LogP contribution in [0.5, 0.6) is 5.75 Å². The van der Waals surface area contributed by atoms with Gasteiger partial charge in [0.25, 0.3) is 0 Å². The number of hydrogen-bond donors (Lipinski definition) is 1. The lowest BCUT2D eigenvalue weighted by atomic mass is 10.1. The Balaban J connectivity index is 2.43. The van der Waals surface area contributed by atoms with Crippen LogP contribution >= 0.6 is 0 Å². The molecule has 4 nitrogen and oxygen atoms in total. The van der Waals surface area contributed by atoms with Crippen LogP contribution in [0.25, 0.3) is 5.57 Å². The van der Waals surface area contributed by atoms with Crippen molar-refractivity contribution in [3.05, 3.63) is 18.0 Å². The van der Waals surface area contributed by atoms with E-state index in [0.717, 1.165) is 31.0 Å². The van der Waals surface area contributed by atoms with E-state index in [-0.39, 0.29) is 0 Å². The van der Waals surface area contributed by atoms with Crippen molar-refractivity contribution >= 4 is 5.57 Å². The highest BCUT2D eigenvalue weighted by Crippen LogP contribution is 2.30. The third kappa shape index (κ3) is 1.97. The fourth-order valence-corrected chi connectivity index (χ4v) is 2.03. The molecule has 1 aromatic rings. The molecule has 0 spiro atoms. The number of nitrogens with zero attached hydrogens (tertiary/aromatic N) is 2. The fourth-order valence-electron chi connectivity index (χ4n) is 2.03. The average Bonchev–Trinajstić information content (AvgIpc) is 2.73. The Morgan fingerprint density at radius 1 is 1.50 bits per heavy atom. The lowest BCUT2D eigenvalue weighted by Crippen LogP contribution is -2.21. The van der Waals surface area contributed by atoms with E-state index >= 15 is 0 Å². The normalized spacial score (nSPS) is 16.4. The Labute approximate surface area is 96.3 Å². The average molecular weight is 221 g/mol. The van der Waals surface area contributed by atoms with E-state index in [1.54, 1.807) is 13.3 Å². The van der Waals surface area contributed by atoms with E-state index in [1.807, 2.05) is 4.68 Å². The number of hydrogen-bond acceptors (Lipinski definition) is 3. The van der Waals surface area contributed by atoms with Crippen LogP contribution in [0.1, 0.15) is 32.0 Å². The summed E-state index contributed by atoms with van der Waals surface area (Å²) in [6, 6.07) is 0.356. The molecule has 2 rings (SSSR count). The van der Waals surface area contributed by atoms with E-state index in [9.17, 15) is 0 Å². The first kappa shape index (κ1) is 11.2. The van der Waals surface area contributed by atoms with Gasteiger partial charge in [0.2, 0.25) is 0 Å². The van der Waals surface area contributed by atoms with Gasteiger partial charge in [0.05, 0.1) is 13.3 Å². The molecule has 1 aliphatic heterocycles. The Bertz CT molecular complexity index is 393. The third-order valence-corrected chi connectivity index (χ3v) is 2.84. The monoisotopic (exact) mass is 221 g/mol. The number of nitrogens with one attached hydrogen (secondary N) is 1. The Hall–Kier alpha value is -1.29. The predicted octanol–water partition coefficient (Wildman–Crippen LogP) is 1.85. The van der Waals surface area contributed by atoms with Gasteiger partial charge in [-0.2, -0.15) is 5.10 Å². The summed E-state index contributed by atoms with van der Waals surface area (Å²) in [6.07, 6.45) is 5.06. The van der Waals surface area contributed by atoms with E-state index in [2.05, 4.69) is 30.3 Å². The number of methoxy groups -OCH3 is 1. The molecule has 0 atom stereocenters. The van der Waals surface area contributed by atoms with Crippen LogP contribution in [0.3, 0.4) is 0 Å². The van der Waals surface area contributed by atoms with Crippen LogP contribution in [-0.4, -0.2) is 30.0 Å². The molecule has 0 bridgehead atoms. The maximum Gasteiger partial charge on any atom is 0.164 e. The highest BCUT2D eigenvalue weighted by Gasteiger charge is 2.18.